The number of hydrogen-bond acceptors (Lipinski definition) is 5. The standard InChI is InChI=1S/C21H22Cl2N2O5S/c1-14(20(26)24-19-13-16(22)8-9-18(19)23)30-21(27)15-6-5-7-17(12-15)31(28,29)25-10-3-2-4-11-25/h5-9,12-14H,2-4,10-11H2,1H3,(H,24,26)/t14-/m0/s1. The highest BCUT2D eigenvalue weighted by molar-refractivity contribution is 7.89. The number of carbonyl (C=O) groups excluding carboxylic acids is 2. The quantitative estimate of drug-likeness (QED) is 0.615. The van der Waals surface area contributed by atoms with Gasteiger partial charge in [-0.3, -0.25) is 4.79 Å². The van der Waals surface area contributed by atoms with E-state index >= 15 is 0 Å². The van der Waals surface area contributed by atoms with E-state index in [1.807, 2.05) is 0 Å². The maximum absolute atomic E-state index is 12.8. The third kappa shape index (κ3) is 5.77. The lowest BCUT2D eigenvalue weighted by atomic mass is 10.2. The van der Waals surface area contributed by atoms with Crippen molar-refractivity contribution in [1.82, 2.24) is 4.31 Å². The molecule has 1 heterocycles. The number of piperidine rings is 1. The fourth-order valence-corrected chi connectivity index (χ4v) is 5.05. The van der Waals surface area contributed by atoms with Gasteiger partial charge in [-0.25, -0.2) is 13.2 Å². The van der Waals surface area contributed by atoms with Crippen LogP contribution in [0.2, 0.25) is 10.0 Å². The number of esters is 1. The minimum Gasteiger partial charge on any atom is -0.449 e. The molecule has 2 aromatic carbocycles. The maximum Gasteiger partial charge on any atom is 0.338 e. The Balaban J connectivity index is 1.69. The normalized spacial score (nSPS) is 15.8. The number of benzene rings is 2. The molecular formula is C21H22Cl2N2O5S. The molecule has 1 saturated heterocycles. The van der Waals surface area contributed by atoms with Crippen LogP contribution in [-0.2, 0) is 19.6 Å². The van der Waals surface area contributed by atoms with Gasteiger partial charge >= 0.3 is 5.97 Å². The second kappa shape index (κ2) is 9.99. The number of halogens is 2. The molecule has 31 heavy (non-hydrogen) atoms. The van der Waals surface area contributed by atoms with Gasteiger partial charge in [-0.1, -0.05) is 35.7 Å². The van der Waals surface area contributed by atoms with Crippen LogP contribution >= 0.6 is 23.2 Å². The predicted octanol–water partition coefficient (Wildman–Crippen LogP) is 4.35. The van der Waals surface area contributed by atoms with Gasteiger partial charge in [0.2, 0.25) is 10.0 Å². The smallest absolute Gasteiger partial charge is 0.338 e. The van der Waals surface area contributed by atoms with Crippen molar-refractivity contribution < 1.29 is 22.7 Å². The molecule has 0 bridgehead atoms. The molecule has 1 aliphatic heterocycles. The molecule has 1 fully saturated rings. The number of carbonyl (C=O) groups is 2. The zero-order valence-electron chi connectivity index (χ0n) is 16.8. The number of sulfonamides is 1. The molecule has 1 aliphatic rings. The maximum atomic E-state index is 12.8. The highest BCUT2D eigenvalue weighted by atomic mass is 35.5. The molecule has 1 amide bonds. The van der Waals surface area contributed by atoms with Gasteiger partial charge in [0.1, 0.15) is 0 Å². The molecule has 0 saturated carbocycles. The van der Waals surface area contributed by atoms with Crippen molar-refractivity contribution in [3.05, 3.63) is 58.1 Å². The molecule has 1 N–H and O–H groups in total. The molecule has 7 nitrogen and oxygen atoms in total. The summed E-state index contributed by atoms with van der Waals surface area (Å²) in [4.78, 5) is 24.9. The largest absolute Gasteiger partial charge is 0.449 e. The van der Waals surface area contributed by atoms with Crippen molar-refractivity contribution in [3.8, 4) is 0 Å². The number of rotatable bonds is 6. The number of anilines is 1. The fraction of sp³-hybridized carbons (Fsp3) is 0.333. The number of hydrogen-bond donors (Lipinski definition) is 1. The lowest BCUT2D eigenvalue weighted by molar-refractivity contribution is -0.123. The Morgan fingerprint density at radius 1 is 1.06 bits per heavy atom. The van der Waals surface area contributed by atoms with Crippen LogP contribution in [0.1, 0.15) is 36.5 Å². The van der Waals surface area contributed by atoms with Crippen LogP contribution in [0.3, 0.4) is 0 Å². The lowest BCUT2D eigenvalue weighted by Gasteiger charge is -2.26. The Kier molecular flexibility index (Phi) is 7.59. The Labute approximate surface area is 191 Å². The minimum absolute atomic E-state index is 0.0201. The summed E-state index contributed by atoms with van der Waals surface area (Å²) in [5.41, 5.74) is 0.329. The summed E-state index contributed by atoms with van der Waals surface area (Å²) in [6.45, 7) is 2.32. The second-order valence-corrected chi connectivity index (χ2v) is 9.94. The summed E-state index contributed by atoms with van der Waals surface area (Å²) in [6, 6.07) is 10.2. The van der Waals surface area contributed by atoms with Crippen LogP contribution in [0.4, 0.5) is 5.69 Å². The highest BCUT2D eigenvalue weighted by Gasteiger charge is 2.27. The lowest BCUT2D eigenvalue weighted by Crippen LogP contribution is -2.35. The van der Waals surface area contributed by atoms with Crippen LogP contribution in [-0.4, -0.2) is 43.8 Å². The molecule has 10 heteroatoms. The molecular weight excluding hydrogens is 463 g/mol. The van der Waals surface area contributed by atoms with Gasteiger partial charge in [0.15, 0.2) is 6.10 Å². The van der Waals surface area contributed by atoms with Gasteiger partial charge in [0.05, 0.1) is 21.2 Å². The first-order valence-corrected chi connectivity index (χ1v) is 11.9. The van der Waals surface area contributed by atoms with Crippen molar-refractivity contribution in [2.24, 2.45) is 0 Å². The van der Waals surface area contributed by atoms with E-state index in [4.69, 9.17) is 27.9 Å². The average Bonchev–Trinajstić information content (AvgIpc) is 2.76. The van der Waals surface area contributed by atoms with Crippen molar-refractivity contribution in [3.63, 3.8) is 0 Å². The number of amides is 1. The third-order valence-electron chi connectivity index (χ3n) is 4.86. The van der Waals surface area contributed by atoms with Crippen molar-refractivity contribution >= 4 is 50.8 Å². The first-order valence-electron chi connectivity index (χ1n) is 9.75. The van der Waals surface area contributed by atoms with Crippen LogP contribution in [0.15, 0.2) is 47.4 Å². The first kappa shape index (κ1) is 23.5. The fourth-order valence-electron chi connectivity index (χ4n) is 3.15. The van der Waals surface area contributed by atoms with E-state index in [-0.39, 0.29) is 21.2 Å². The SMILES string of the molecule is C[C@H](OC(=O)c1cccc(S(=O)(=O)N2CCCCC2)c1)C(=O)Nc1cc(Cl)ccc1Cl. The van der Waals surface area contributed by atoms with Gasteiger partial charge < -0.3 is 10.1 Å². The molecule has 2 aromatic rings. The van der Waals surface area contributed by atoms with Crippen molar-refractivity contribution in [2.75, 3.05) is 18.4 Å². The molecule has 166 valence electrons. The summed E-state index contributed by atoms with van der Waals surface area (Å²) >= 11 is 11.9. The van der Waals surface area contributed by atoms with Crippen molar-refractivity contribution in [2.45, 2.75) is 37.2 Å². The van der Waals surface area contributed by atoms with Crippen LogP contribution < -0.4 is 5.32 Å². The Morgan fingerprint density at radius 3 is 2.48 bits per heavy atom. The minimum atomic E-state index is -3.69. The molecule has 0 radical (unpaired) electrons. The predicted molar refractivity (Wildman–Crippen MR) is 119 cm³/mol. The second-order valence-electron chi connectivity index (χ2n) is 7.15. The van der Waals surface area contributed by atoms with Crippen LogP contribution in [0, 0.1) is 0 Å². The zero-order valence-corrected chi connectivity index (χ0v) is 19.1. The number of nitrogens with zero attached hydrogens (tertiary/aromatic N) is 1. The average molecular weight is 485 g/mol. The summed E-state index contributed by atoms with van der Waals surface area (Å²) in [6.07, 6.45) is 1.47. The van der Waals surface area contributed by atoms with Gasteiger partial charge in [-0.05, 0) is 56.2 Å². The van der Waals surface area contributed by atoms with E-state index in [9.17, 15) is 18.0 Å². The molecule has 0 aromatic heterocycles. The first-order chi connectivity index (χ1) is 14.7. The van der Waals surface area contributed by atoms with E-state index < -0.39 is 28.0 Å². The topological polar surface area (TPSA) is 92.8 Å². The van der Waals surface area contributed by atoms with E-state index in [0.29, 0.717) is 18.1 Å². The van der Waals surface area contributed by atoms with E-state index in [2.05, 4.69) is 5.32 Å². The molecule has 0 aliphatic carbocycles. The van der Waals surface area contributed by atoms with E-state index in [1.54, 1.807) is 6.07 Å². The molecule has 3 rings (SSSR count). The zero-order chi connectivity index (χ0) is 22.6. The highest BCUT2D eigenvalue weighted by Crippen LogP contribution is 2.26. The van der Waals surface area contributed by atoms with Gasteiger partial charge in [-0.2, -0.15) is 4.31 Å². The summed E-state index contributed by atoms with van der Waals surface area (Å²) < 4.78 is 32.3. The summed E-state index contributed by atoms with van der Waals surface area (Å²) in [5.74, 6) is -1.41. The van der Waals surface area contributed by atoms with E-state index in [0.717, 1.165) is 19.3 Å². The van der Waals surface area contributed by atoms with E-state index in [1.165, 1.54) is 47.6 Å². The molecule has 1 atom stereocenters. The number of nitrogens with one attached hydrogen (secondary N) is 1. The third-order valence-corrected chi connectivity index (χ3v) is 7.32. The Morgan fingerprint density at radius 2 is 1.77 bits per heavy atom. The van der Waals surface area contributed by atoms with Gasteiger partial charge in [0, 0.05) is 18.1 Å². The summed E-state index contributed by atoms with van der Waals surface area (Å²) in [7, 11) is -3.69. The van der Waals surface area contributed by atoms with Crippen molar-refractivity contribution in [1.29, 1.82) is 0 Å². The Hall–Kier alpha value is -2.13. The monoisotopic (exact) mass is 484 g/mol. The van der Waals surface area contributed by atoms with Crippen LogP contribution in [0.25, 0.3) is 0 Å². The van der Waals surface area contributed by atoms with Gasteiger partial charge in [0.25, 0.3) is 5.91 Å². The molecule has 0 unspecified atom stereocenters. The van der Waals surface area contributed by atoms with Crippen LogP contribution in [0.5, 0.6) is 0 Å². The Bertz CT molecular complexity index is 1080. The van der Waals surface area contributed by atoms with Gasteiger partial charge in [-0.15, -0.1) is 0 Å². The summed E-state index contributed by atoms with van der Waals surface area (Å²) in [5, 5.41) is 3.22. The molecule has 0 spiro atoms. The number of ether oxygens (including phenoxy) is 1.